The van der Waals surface area contributed by atoms with Crippen molar-refractivity contribution in [2.45, 2.75) is 13.5 Å². The summed E-state index contributed by atoms with van der Waals surface area (Å²) < 4.78 is 17.3. The quantitative estimate of drug-likeness (QED) is 0.329. The summed E-state index contributed by atoms with van der Waals surface area (Å²) in [6.07, 6.45) is 1.14. The number of aromatic carboxylic acids is 1. The molecule has 10 nitrogen and oxygen atoms in total. The highest BCUT2D eigenvalue weighted by atomic mass is 16.5. The Morgan fingerprint density at radius 2 is 1.68 bits per heavy atom. The minimum atomic E-state index is -1.43. The largest absolute Gasteiger partial charge is 0.506 e. The van der Waals surface area contributed by atoms with Crippen molar-refractivity contribution < 1.29 is 34.3 Å². The molecule has 0 saturated carbocycles. The molecule has 10 heteroatoms. The van der Waals surface area contributed by atoms with E-state index in [9.17, 15) is 24.9 Å². The van der Waals surface area contributed by atoms with Gasteiger partial charge in [-0.2, -0.15) is 0 Å². The molecule has 2 aromatic carbocycles. The van der Waals surface area contributed by atoms with Gasteiger partial charge >= 0.3 is 5.97 Å². The molecule has 0 aliphatic heterocycles. The van der Waals surface area contributed by atoms with Gasteiger partial charge in [-0.25, -0.2) is 4.79 Å². The van der Waals surface area contributed by atoms with E-state index < -0.39 is 22.7 Å². The molecule has 4 N–H and O–H groups in total. The zero-order chi connectivity index (χ0) is 22.9. The van der Waals surface area contributed by atoms with Gasteiger partial charge in [-0.15, -0.1) is 0 Å². The number of benzene rings is 2. The van der Waals surface area contributed by atoms with E-state index in [-0.39, 0.29) is 28.9 Å². The molecular formula is C21H22N2O8. The minimum absolute atomic E-state index is 0.0124. The fourth-order valence-electron chi connectivity index (χ4n) is 3.37. The number of anilines is 2. The molecule has 3 rings (SSSR count). The molecule has 1 aromatic heterocycles. The average molecular weight is 430 g/mol. The van der Waals surface area contributed by atoms with Gasteiger partial charge in [0.2, 0.25) is 11.2 Å². The summed E-state index contributed by atoms with van der Waals surface area (Å²) in [5, 5.41) is 33.4. The molecule has 0 spiro atoms. The van der Waals surface area contributed by atoms with Crippen molar-refractivity contribution in [1.29, 1.82) is 0 Å². The highest BCUT2D eigenvalue weighted by molar-refractivity contribution is 6.00. The zero-order valence-electron chi connectivity index (χ0n) is 17.3. The molecule has 0 amide bonds. The van der Waals surface area contributed by atoms with E-state index in [1.54, 1.807) is 19.1 Å². The summed E-state index contributed by atoms with van der Waals surface area (Å²) in [6, 6.07) is 4.38. The number of phenolic OH excluding ortho intramolecular Hbond substituents is 2. The molecule has 0 bridgehead atoms. The standard InChI is InChI=1S/C21H22N2O8/c1-5-23-9-11(21(27)28)18(25)16-17(23)13(24)8-12(19(16)26)22-10-6-14(29-2)20(31-4)15(7-10)30-3/h6-9,22,24,26H,5H2,1-4H3,(H,27,28). The molecule has 164 valence electrons. The fourth-order valence-corrected chi connectivity index (χ4v) is 3.37. The van der Waals surface area contributed by atoms with Crippen molar-refractivity contribution in [3.05, 3.63) is 40.2 Å². The van der Waals surface area contributed by atoms with Crippen molar-refractivity contribution in [3.8, 4) is 28.7 Å². The number of hydrogen-bond acceptors (Lipinski definition) is 8. The molecule has 0 aliphatic carbocycles. The highest BCUT2D eigenvalue weighted by Gasteiger charge is 2.22. The first-order valence-corrected chi connectivity index (χ1v) is 9.19. The molecule has 0 fully saturated rings. The molecule has 0 saturated heterocycles. The van der Waals surface area contributed by atoms with Crippen molar-refractivity contribution in [2.75, 3.05) is 26.6 Å². The maximum Gasteiger partial charge on any atom is 0.341 e. The van der Waals surface area contributed by atoms with E-state index in [1.165, 1.54) is 32.0 Å². The van der Waals surface area contributed by atoms with Gasteiger partial charge in [0.05, 0.1) is 37.9 Å². The Balaban J connectivity index is 2.26. The summed E-state index contributed by atoms with van der Waals surface area (Å²) in [7, 11) is 4.35. The molecule has 1 heterocycles. The van der Waals surface area contributed by atoms with Crippen LogP contribution < -0.4 is 25.0 Å². The minimum Gasteiger partial charge on any atom is -0.506 e. The Kier molecular flexibility index (Phi) is 5.82. The Labute approximate surface area is 176 Å². The number of nitrogens with zero attached hydrogens (tertiary/aromatic N) is 1. The third-order valence-corrected chi connectivity index (χ3v) is 4.81. The molecule has 0 unspecified atom stereocenters. The topological polar surface area (TPSA) is 139 Å². The van der Waals surface area contributed by atoms with Crippen LogP contribution in [0.25, 0.3) is 10.9 Å². The molecule has 0 atom stereocenters. The zero-order valence-corrected chi connectivity index (χ0v) is 17.3. The maximum atomic E-state index is 12.8. The number of aromatic hydroxyl groups is 2. The van der Waals surface area contributed by atoms with Crippen LogP contribution in [0.3, 0.4) is 0 Å². The average Bonchev–Trinajstić information content (AvgIpc) is 2.75. The van der Waals surface area contributed by atoms with Gasteiger partial charge in [0, 0.05) is 36.6 Å². The van der Waals surface area contributed by atoms with Crippen LogP contribution >= 0.6 is 0 Å². The second kappa shape index (κ2) is 8.34. The number of phenols is 2. The van der Waals surface area contributed by atoms with Crippen molar-refractivity contribution in [1.82, 2.24) is 4.57 Å². The number of nitrogens with one attached hydrogen (secondary N) is 1. The normalized spacial score (nSPS) is 10.7. The predicted octanol–water partition coefficient (Wildman–Crippen LogP) is 2.90. The Morgan fingerprint density at radius 3 is 2.16 bits per heavy atom. The smallest absolute Gasteiger partial charge is 0.341 e. The maximum absolute atomic E-state index is 12.8. The number of pyridine rings is 1. The van der Waals surface area contributed by atoms with Gasteiger partial charge in [0.1, 0.15) is 11.3 Å². The number of aryl methyl sites for hydroxylation is 1. The first kappa shape index (κ1) is 21.6. The SMILES string of the molecule is CCn1cc(C(=O)O)c(=O)c2c(O)c(Nc3cc(OC)c(OC)c(OC)c3)cc(O)c21. The lowest BCUT2D eigenvalue weighted by atomic mass is 10.1. The number of carboxylic acids is 1. The van der Waals surface area contributed by atoms with E-state index in [2.05, 4.69) is 5.32 Å². The van der Waals surface area contributed by atoms with Gasteiger partial charge < -0.3 is 39.4 Å². The fraction of sp³-hybridized carbons (Fsp3) is 0.238. The van der Waals surface area contributed by atoms with Crippen molar-refractivity contribution in [2.24, 2.45) is 0 Å². The summed E-state index contributed by atoms with van der Waals surface area (Å²) in [4.78, 5) is 24.2. The summed E-state index contributed by atoms with van der Waals surface area (Å²) >= 11 is 0. The number of carboxylic acid groups (broad SMARTS) is 1. The van der Waals surface area contributed by atoms with Crippen molar-refractivity contribution in [3.63, 3.8) is 0 Å². The number of rotatable bonds is 7. The van der Waals surface area contributed by atoms with E-state index in [0.29, 0.717) is 22.9 Å². The first-order valence-electron chi connectivity index (χ1n) is 9.19. The van der Waals surface area contributed by atoms with Gasteiger partial charge in [-0.1, -0.05) is 0 Å². The number of ether oxygens (including phenoxy) is 3. The Bertz CT molecular complexity index is 1210. The van der Waals surface area contributed by atoms with Gasteiger partial charge in [0.25, 0.3) is 0 Å². The van der Waals surface area contributed by atoms with Gasteiger partial charge in [0.15, 0.2) is 17.2 Å². The Hall–Kier alpha value is -4.08. The number of carbonyl (C=O) groups is 1. The van der Waals surface area contributed by atoms with E-state index in [1.807, 2.05) is 0 Å². The summed E-state index contributed by atoms with van der Waals surface area (Å²) in [5.41, 5.74) is -1.01. The third-order valence-electron chi connectivity index (χ3n) is 4.81. The third kappa shape index (κ3) is 3.63. The summed E-state index contributed by atoms with van der Waals surface area (Å²) in [5.74, 6) is -1.20. The van der Waals surface area contributed by atoms with E-state index in [0.717, 1.165) is 6.20 Å². The Morgan fingerprint density at radius 1 is 1.06 bits per heavy atom. The molecule has 3 aromatic rings. The number of aromatic nitrogens is 1. The predicted molar refractivity (Wildman–Crippen MR) is 114 cm³/mol. The first-order chi connectivity index (χ1) is 14.8. The lowest BCUT2D eigenvalue weighted by Crippen LogP contribution is -2.19. The van der Waals surface area contributed by atoms with Crippen LogP contribution in [0.2, 0.25) is 0 Å². The van der Waals surface area contributed by atoms with Crippen LogP contribution in [0.4, 0.5) is 11.4 Å². The molecule has 0 aliphatic rings. The molecule has 0 radical (unpaired) electrons. The van der Waals surface area contributed by atoms with Crippen LogP contribution in [0.15, 0.2) is 29.2 Å². The molecule has 31 heavy (non-hydrogen) atoms. The highest BCUT2D eigenvalue weighted by Crippen LogP contribution is 2.43. The number of hydrogen-bond donors (Lipinski definition) is 4. The van der Waals surface area contributed by atoms with E-state index >= 15 is 0 Å². The monoisotopic (exact) mass is 430 g/mol. The van der Waals surface area contributed by atoms with Crippen LogP contribution in [-0.4, -0.2) is 47.2 Å². The van der Waals surface area contributed by atoms with Gasteiger partial charge in [-0.05, 0) is 6.92 Å². The van der Waals surface area contributed by atoms with Crippen LogP contribution in [-0.2, 0) is 6.54 Å². The summed E-state index contributed by atoms with van der Waals surface area (Å²) in [6.45, 7) is 1.98. The number of methoxy groups -OCH3 is 3. The molecular weight excluding hydrogens is 408 g/mol. The van der Waals surface area contributed by atoms with Crippen LogP contribution in [0.1, 0.15) is 17.3 Å². The van der Waals surface area contributed by atoms with Crippen LogP contribution in [0, 0.1) is 0 Å². The lowest BCUT2D eigenvalue weighted by molar-refractivity contribution is 0.0695. The lowest BCUT2D eigenvalue weighted by Gasteiger charge is -2.18. The second-order valence-corrected chi connectivity index (χ2v) is 6.52. The van der Waals surface area contributed by atoms with Crippen molar-refractivity contribution >= 4 is 28.2 Å². The van der Waals surface area contributed by atoms with Crippen LogP contribution in [0.5, 0.6) is 28.7 Å². The second-order valence-electron chi connectivity index (χ2n) is 6.52. The van der Waals surface area contributed by atoms with E-state index in [4.69, 9.17) is 14.2 Å². The van der Waals surface area contributed by atoms with Gasteiger partial charge in [-0.3, -0.25) is 4.79 Å². The number of fused-ring (bicyclic) bond motifs is 1.